The van der Waals surface area contributed by atoms with Gasteiger partial charge in [0.05, 0.1) is 22.8 Å². The lowest BCUT2D eigenvalue weighted by Gasteiger charge is -2.31. The molecule has 0 saturated carbocycles. The van der Waals surface area contributed by atoms with Crippen LogP contribution < -0.4 is 4.90 Å². The lowest BCUT2D eigenvalue weighted by molar-refractivity contribution is -0.142. The zero-order valence-electron chi connectivity index (χ0n) is 26.9. The number of para-hydroxylation sites is 1. The molecule has 0 amide bonds. The second-order valence-electron chi connectivity index (χ2n) is 12.7. The molecule has 0 spiro atoms. The summed E-state index contributed by atoms with van der Waals surface area (Å²) in [5.41, 5.74) is 2.70. The fraction of sp³-hybridized carbons (Fsp3) is 0.263. The van der Waals surface area contributed by atoms with Gasteiger partial charge in [0.2, 0.25) is 0 Å². The van der Waals surface area contributed by atoms with Gasteiger partial charge in [-0.25, -0.2) is 13.8 Å². The van der Waals surface area contributed by atoms with Gasteiger partial charge in [0, 0.05) is 22.1 Å². The predicted octanol–water partition coefficient (Wildman–Crippen LogP) is 10.8. The molecule has 46 heavy (non-hydrogen) atoms. The molecule has 3 aromatic carbocycles. The van der Waals surface area contributed by atoms with Crippen LogP contribution >= 0.6 is 0 Å². The Morgan fingerprint density at radius 2 is 1.15 bits per heavy atom. The van der Waals surface area contributed by atoms with E-state index in [9.17, 15) is 17.6 Å². The van der Waals surface area contributed by atoms with Crippen molar-refractivity contribution in [2.24, 2.45) is 0 Å². The minimum atomic E-state index is -5.18. The molecule has 0 fully saturated rings. The van der Waals surface area contributed by atoms with E-state index in [1.54, 1.807) is 26.0 Å². The molecule has 8 heteroatoms. The van der Waals surface area contributed by atoms with Gasteiger partial charge in [-0.3, -0.25) is 9.88 Å². The quantitative estimate of drug-likeness (QED) is 0.168. The number of aromatic nitrogens is 2. The Bertz CT molecular complexity index is 1870. The first kappa shape index (κ1) is 32.8. The number of benzene rings is 3. The summed E-state index contributed by atoms with van der Waals surface area (Å²) in [5.74, 6) is -2.59. The summed E-state index contributed by atoms with van der Waals surface area (Å²) < 4.78 is 70.0. The first-order chi connectivity index (χ1) is 21.5. The summed E-state index contributed by atoms with van der Waals surface area (Å²) in [4.78, 5) is 12.1. The van der Waals surface area contributed by atoms with E-state index in [0.717, 1.165) is 28.6 Å². The normalized spacial score (nSPS) is 12.3. The minimum Gasteiger partial charge on any atom is -0.295 e. The molecule has 2 aromatic heterocycles. The minimum absolute atomic E-state index is 0.300. The number of anilines is 3. The SMILES string of the molecule is Cc1cc(C)c(N(c2ccccc2)c2cccc(C(C)(C)c3cccc(C(C)(C)c4ccc(F)c(C(F)(F)F)c4F)n3)n2)c(C)c1. The van der Waals surface area contributed by atoms with Gasteiger partial charge in [-0.2, -0.15) is 13.2 Å². The highest BCUT2D eigenvalue weighted by Crippen LogP contribution is 2.42. The van der Waals surface area contributed by atoms with Crippen molar-refractivity contribution in [3.63, 3.8) is 0 Å². The Kier molecular flexibility index (Phi) is 8.53. The zero-order valence-corrected chi connectivity index (χ0v) is 26.9. The fourth-order valence-electron chi connectivity index (χ4n) is 6.07. The van der Waals surface area contributed by atoms with Crippen LogP contribution in [-0.4, -0.2) is 9.97 Å². The number of aryl methyl sites for hydroxylation is 3. The van der Waals surface area contributed by atoms with Gasteiger partial charge in [-0.15, -0.1) is 0 Å². The van der Waals surface area contributed by atoms with Crippen molar-refractivity contribution in [1.29, 1.82) is 0 Å². The van der Waals surface area contributed by atoms with Crippen LogP contribution in [0.15, 0.2) is 91.0 Å². The summed E-state index contributed by atoms with van der Waals surface area (Å²) >= 11 is 0. The Balaban J connectivity index is 1.60. The second kappa shape index (κ2) is 12.0. The molecule has 0 unspecified atom stereocenters. The zero-order chi connectivity index (χ0) is 33.6. The van der Waals surface area contributed by atoms with Crippen LogP contribution in [0, 0.1) is 32.4 Å². The van der Waals surface area contributed by atoms with Gasteiger partial charge in [0.1, 0.15) is 23.0 Å². The van der Waals surface area contributed by atoms with Gasteiger partial charge >= 0.3 is 6.18 Å². The molecule has 0 aliphatic heterocycles. The molecule has 0 aliphatic rings. The van der Waals surface area contributed by atoms with Crippen molar-refractivity contribution in [2.45, 2.75) is 65.5 Å². The molecule has 0 atom stereocenters. The van der Waals surface area contributed by atoms with Gasteiger partial charge in [-0.05, 0) is 88.2 Å². The summed E-state index contributed by atoms with van der Waals surface area (Å²) in [5, 5.41) is 0. The van der Waals surface area contributed by atoms with Crippen LogP contribution in [0.5, 0.6) is 0 Å². The van der Waals surface area contributed by atoms with Crippen LogP contribution in [0.25, 0.3) is 0 Å². The largest absolute Gasteiger partial charge is 0.422 e. The van der Waals surface area contributed by atoms with Crippen LogP contribution in [0.3, 0.4) is 0 Å². The lowest BCUT2D eigenvalue weighted by atomic mass is 9.78. The fourth-order valence-corrected chi connectivity index (χ4v) is 6.07. The monoisotopic (exact) mass is 629 g/mol. The third kappa shape index (κ3) is 6.00. The standard InChI is InChI=1S/C38H36F5N3/c1-23-21-24(2)35(25(3)22-23)46(26-13-9-8-10-14-26)32-18-12-17-31(45-32)37(6,7)30-16-11-15-29(44-30)36(4,5)27-19-20-28(39)33(34(27)40)38(41,42)43/h8-22H,1-7H3. The molecular formula is C38H36F5N3. The average molecular weight is 630 g/mol. The van der Waals surface area contributed by atoms with Gasteiger partial charge in [0.25, 0.3) is 0 Å². The third-order valence-corrected chi connectivity index (χ3v) is 8.55. The maximum absolute atomic E-state index is 15.3. The number of rotatable bonds is 7. The van der Waals surface area contributed by atoms with E-state index in [-0.39, 0.29) is 5.56 Å². The summed E-state index contributed by atoms with van der Waals surface area (Å²) in [6, 6.07) is 27.0. The highest BCUT2D eigenvalue weighted by molar-refractivity contribution is 5.79. The summed E-state index contributed by atoms with van der Waals surface area (Å²) in [6.45, 7) is 13.3. The van der Waals surface area contributed by atoms with E-state index < -0.39 is 34.2 Å². The van der Waals surface area contributed by atoms with Crippen molar-refractivity contribution in [3.8, 4) is 0 Å². The molecule has 3 nitrogen and oxygen atoms in total. The van der Waals surface area contributed by atoms with Crippen molar-refractivity contribution in [1.82, 2.24) is 9.97 Å². The Morgan fingerprint density at radius 1 is 0.609 bits per heavy atom. The molecule has 0 radical (unpaired) electrons. The van der Waals surface area contributed by atoms with Gasteiger partial charge in [-0.1, -0.05) is 67.9 Å². The Hall–Kier alpha value is -4.59. The predicted molar refractivity (Wildman–Crippen MR) is 173 cm³/mol. The van der Waals surface area contributed by atoms with Gasteiger partial charge < -0.3 is 0 Å². The highest BCUT2D eigenvalue weighted by Gasteiger charge is 2.41. The highest BCUT2D eigenvalue weighted by atomic mass is 19.4. The van der Waals surface area contributed by atoms with Crippen LogP contribution in [0.4, 0.5) is 39.1 Å². The summed E-state index contributed by atoms with van der Waals surface area (Å²) in [7, 11) is 0. The number of nitrogens with zero attached hydrogens (tertiary/aromatic N) is 3. The molecule has 0 N–H and O–H groups in total. The van der Waals surface area contributed by atoms with E-state index in [2.05, 4.69) is 37.8 Å². The van der Waals surface area contributed by atoms with Crippen molar-refractivity contribution >= 4 is 17.2 Å². The van der Waals surface area contributed by atoms with E-state index in [1.807, 2.05) is 68.4 Å². The summed E-state index contributed by atoms with van der Waals surface area (Å²) in [6.07, 6.45) is -5.18. The molecule has 5 rings (SSSR count). The van der Waals surface area contributed by atoms with Crippen LogP contribution in [-0.2, 0) is 17.0 Å². The molecule has 0 bridgehead atoms. The van der Waals surface area contributed by atoms with E-state index in [4.69, 9.17) is 9.97 Å². The maximum Gasteiger partial charge on any atom is 0.422 e. The number of hydrogen-bond donors (Lipinski definition) is 0. The molecular weight excluding hydrogens is 593 g/mol. The Labute approximate surface area is 266 Å². The van der Waals surface area contributed by atoms with E-state index in [0.29, 0.717) is 29.0 Å². The van der Waals surface area contributed by atoms with Crippen LogP contribution in [0.2, 0.25) is 0 Å². The number of alkyl halides is 3. The second-order valence-corrected chi connectivity index (χ2v) is 12.7. The number of pyridine rings is 2. The molecule has 0 saturated heterocycles. The van der Waals surface area contributed by atoms with E-state index in [1.165, 1.54) is 5.56 Å². The number of halogens is 5. The first-order valence-corrected chi connectivity index (χ1v) is 15.0. The molecule has 2 heterocycles. The number of hydrogen-bond acceptors (Lipinski definition) is 3. The molecule has 0 aliphatic carbocycles. The van der Waals surface area contributed by atoms with Crippen LogP contribution in [0.1, 0.15) is 72.6 Å². The van der Waals surface area contributed by atoms with Crippen molar-refractivity contribution in [3.05, 3.63) is 148 Å². The molecule has 238 valence electrons. The average Bonchev–Trinajstić information content (AvgIpc) is 2.98. The smallest absolute Gasteiger partial charge is 0.295 e. The third-order valence-electron chi connectivity index (χ3n) is 8.55. The van der Waals surface area contributed by atoms with Crippen molar-refractivity contribution in [2.75, 3.05) is 4.90 Å². The lowest BCUT2D eigenvalue weighted by Crippen LogP contribution is -2.28. The maximum atomic E-state index is 15.3. The molecule has 5 aromatic rings. The Morgan fingerprint density at radius 3 is 1.74 bits per heavy atom. The van der Waals surface area contributed by atoms with E-state index >= 15 is 4.39 Å². The van der Waals surface area contributed by atoms with Crippen molar-refractivity contribution < 1.29 is 22.0 Å². The van der Waals surface area contributed by atoms with Gasteiger partial charge in [0.15, 0.2) is 0 Å². The first-order valence-electron chi connectivity index (χ1n) is 15.0. The topological polar surface area (TPSA) is 29.0 Å².